The van der Waals surface area contributed by atoms with Crippen LogP contribution in [0.25, 0.3) is 0 Å². The summed E-state index contributed by atoms with van der Waals surface area (Å²) in [6.45, 7) is 4.96. The minimum Gasteiger partial charge on any atom is -0.329 e. The van der Waals surface area contributed by atoms with E-state index in [1.165, 1.54) is 12.8 Å². The standard InChI is InChI=1S/C14H30N2O2S/c1-3-5-12-19(17,18)16(4-2)14(13-15)10-8-6-7-9-11-14/h3-13,15H2,1-2H3. The predicted octanol–water partition coefficient (Wildman–Crippen LogP) is 2.49. The van der Waals surface area contributed by atoms with Gasteiger partial charge in [-0.15, -0.1) is 0 Å². The summed E-state index contributed by atoms with van der Waals surface area (Å²) in [6, 6.07) is 0. The summed E-state index contributed by atoms with van der Waals surface area (Å²) in [5.41, 5.74) is 5.68. The first-order chi connectivity index (χ1) is 9.02. The number of likely N-dealkylation sites (N-methyl/N-ethyl adjacent to an activating group) is 1. The maximum atomic E-state index is 12.6. The highest BCUT2D eigenvalue weighted by atomic mass is 32.2. The summed E-state index contributed by atoms with van der Waals surface area (Å²) in [5.74, 6) is 0.263. The maximum Gasteiger partial charge on any atom is 0.214 e. The van der Waals surface area contributed by atoms with E-state index < -0.39 is 10.0 Å². The average molecular weight is 290 g/mol. The van der Waals surface area contributed by atoms with Gasteiger partial charge in [-0.1, -0.05) is 46.0 Å². The maximum absolute atomic E-state index is 12.6. The van der Waals surface area contributed by atoms with E-state index in [1.54, 1.807) is 4.31 Å². The van der Waals surface area contributed by atoms with E-state index in [0.29, 0.717) is 13.1 Å². The van der Waals surface area contributed by atoms with Crippen molar-refractivity contribution >= 4 is 10.0 Å². The highest BCUT2D eigenvalue weighted by Gasteiger charge is 2.41. The fraction of sp³-hybridized carbons (Fsp3) is 1.00. The number of nitrogens with two attached hydrogens (primary N) is 1. The topological polar surface area (TPSA) is 63.4 Å². The van der Waals surface area contributed by atoms with Crippen LogP contribution in [0.15, 0.2) is 0 Å². The summed E-state index contributed by atoms with van der Waals surface area (Å²) in [6.07, 6.45) is 8.08. The lowest BCUT2D eigenvalue weighted by atomic mass is 9.90. The van der Waals surface area contributed by atoms with Crippen LogP contribution < -0.4 is 5.73 Å². The van der Waals surface area contributed by atoms with Crippen LogP contribution in [0, 0.1) is 0 Å². The van der Waals surface area contributed by atoms with Crippen molar-refractivity contribution in [2.75, 3.05) is 18.8 Å². The van der Waals surface area contributed by atoms with Gasteiger partial charge in [0.1, 0.15) is 0 Å². The number of unbranched alkanes of at least 4 members (excludes halogenated alkanes) is 1. The molecule has 0 aliphatic heterocycles. The molecule has 5 heteroatoms. The van der Waals surface area contributed by atoms with Crippen molar-refractivity contribution < 1.29 is 8.42 Å². The number of hydrogen-bond acceptors (Lipinski definition) is 3. The van der Waals surface area contributed by atoms with Gasteiger partial charge in [0, 0.05) is 18.6 Å². The number of nitrogens with zero attached hydrogens (tertiary/aromatic N) is 1. The fourth-order valence-electron chi connectivity index (χ4n) is 3.21. The summed E-state index contributed by atoms with van der Waals surface area (Å²) in [4.78, 5) is 0. The van der Waals surface area contributed by atoms with E-state index >= 15 is 0 Å². The summed E-state index contributed by atoms with van der Waals surface area (Å²) < 4.78 is 26.9. The Balaban J connectivity index is 2.96. The molecule has 1 rings (SSSR count). The van der Waals surface area contributed by atoms with E-state index in [2.05, 4.69) is 0 Å². The van der Waals surface area contributed by atoms with E-state index in [4.69, 9.17) is 5.73 Å². The van der Waals surface area contributed by atoms with Crippen LogP contribution in [0.5, 0.6) is 0 Å². The van der Waals surface area contributed by atoms with Gasteiger partial charge in [-0.25, -0.2) is 8.42 Å². The van der Waals surface area contributed by atoms with Crippen LogP contribution >= 0.6 is 0 Å². The summed E-state index contributed by atoms with van der Waals surface area (Å²) in [7, 11) is -3.17. The van der Waals surface area contributed by atoms with Gasteiger partial charge in [-0.05, 0) is 19.3 Å². The number of hydrogen-bond donors (Lipinski definition) is 1. The fourth-order valence-corrected chi connectivity index (χ4v) is 5.32. The Morgan fingerprint density at radius 3 is 2.11 bits per heavy atom. The molecule has 4 nitrogen and oxygen atoms in total. The molecule has 0 aromatic heterocycles. The van der Waals surface area contributed by atoms with Crippen molar-refractivity contribution in [1.29, 1.82) is 0 Å². The van der Waals surface area contributed by atoms with Crippen LogP contribution in [-0.4, -0.2) is 37.1 Å². The Hall–Kier alpha value is -0.130. The average Bonchev–Trinajstić information content (AvgIpc) is 2.63. The van der Waals surface area contributed by atoms with Crippen molar-refractivity contribution in [2.45, 2.75) is 70.8 Å². The lowest BCUT2D eigenvalue weighted by Crippen LogP contribution is -2.56. The number of sulfonamides is 1. The van der Waals surface area contributed by atoms with Crippen molar-refractivity contribution in [2.24, 2.45) is 5.73 Å². The molecule has 19 heavy (non-hydrogen) atoms. The smallest absolute Gasteiger partial charge is 0.214 e. The lowest BCUT2D eigenvalue weighted by Gasteiger charge is -2.41. The molecule has 2 N–H and O–H groups in total. The Morgan fingerprint density at radius 2 is 1.68 bits per heavy atom. The summed E-state index contributed by atoms with van der Waals surface area (Å²) in [5, 5.41) is 0. The minimum absolute atomic E-state index is 0.263. The molecule has 0 aromatic carbocycles. The van der Waals surface area contributed by atoms with Crippen LogP contribution in [0.1, 0.15) is 65.2 Å². The molecule has 0 radical (unpaired) electrons. The van der Waals surface area contributed by atoms with Gasteiger partial charge in [-0.2, -0.15) is 4.31 Å². The van der Waals surface area contributed by atoms with Crippen LogP contribution in [0.3, 0.4) is 0 Å². The van der Waals surface area contributed by atoms with Gasteiger partial charge < -0.3 is 5.73 Å². The van der Waals surface area contributed by atoms with Crippen molar-refractivity contribution in [3.63, 3.8) is 0 Å². The Labute approximate surface area is 118 Å². The zero-order valence-corrected chi connectivity index (χ0v) is 13.3. The largest absolute Gasteiger partial charge is 0.329 e. The van der Waals surface area contributed by atoms with E-state index in [1.807, 2.05) is 13.8 Å². The van der Waals surface area contributed by atoms with Crippen LogP contribution in [0.4, 0.5) is 0 Å². The van der Waals surface area contributed by atoms with Gasteiger partial charge in [0.2, 0.25) is 10.0 Å². The second-order valence-corrected chi connectivity index (χ2v) is 7.69. The first-order valence-electron chi connectivity index (χ1n) is 7.73. The van der Waals surface area contributed by atoms with Crippen molar-refractivity contribution in [3.05, 3.63) is 0 Å². The first-order valence-corrected chi connectivity index (χ1v) is 9.34. The lowest BCUT2D eigenvalue weighted by molar-refractivity contribution is 0.173. The zero-order valence-electron chi connectivity index (χ0n) is 12.5. The van der Waals surface area contributed by atoms with Gasteiger partial charge in [-0.3, -0.25) is 0 Å². The first kappa shape index (κ1) is 16.9. The predicted molar refractivity (Wildman–Crippen MR) is 80.6 cm³/mol. The minimum atomic E-state index is -3.17. The quantitative estimate of drug-likeness (QED) is 0.733. The van der Waals surface area contributed by atoms with E-state index in [9.17, 15) is 8.42 Å². The molecule has 114 valence electrons. The third kappa shape index (κ3) is 4.17. The molecule has 0 heterocycles. The van der Waals surface area contributed by atoms with E-state index in [0.717, 1.165) is 38.5 Å². The highest BCUT2D eigenvalue weighted by molar-refractivity contribution is 7.89. The molecule has 1 fully saturated rings. The van der Waals surface area contributed by atoms with Crippen LogP contribution in [-0.2, 0) is 10.0 Å². The monoisotopic (exact) mass is 290 g/mol. The molecule has 1 saturated carbocycles. The normalized spacial score (nSPS) is 20.4. The van der Waals surface area contributed by atoms with Crippen LogP contribution in [0.2, 0.25) is 0 Å². The molecule has 0 saturated heterocycles. The Morgan fingerprint density at radius 1 is 1.11 bits per heavy atom. The molecule has 0 spiro atoms. The summed E-state index contributed by atoms with van der Waals surface area (Å²) >= 11 is 0. The molecule has 0 bridgehead atoms. The van der Waals surface area contributed by atoms with Crippen molar-refractivity contribution in [1.82, 2.24) is 4.31 Å². The molecule has 1 aliphatic rings. The number of rotatable bonds is 7. The molecule has 1 aliphatic carbocycles. The van der Waals surface area contributed by atoms with Gasteiger partial charge >= 0.3 is 0 Å². The van der Waals surface area contributed by atoms with Gasteiger partial charge in [0.05, 0.1) is 5.75 Å². The Kier molecular flexibility index (Phi) is 6.77. The van der Waals surface area contributed by atoms with Crippen molar-refractivity contribution in [3.8, 4) is 0 Å². The molecule has 0 amide bonds. The third-order valence-electron chi connectivity index (χ3n) is 4.32. The zero-order chi connectivity index (χ0) is 14.4. The second-order valence-electron chi connectivity index (χ2n) is 5.68. The molecule has 0 unspecified atom stereocenters. The second kappa shape index (κ2) is 7.60. The van der Waals surface area contributed by atoms with Gasteiger partial charge in [0.15, 0.2) is 0 Å². The third-order valence-corrected chi connectivity index (χ3v) is 6.44. The Bertz CT molecular complexity index is 346. The van der Waals surface area contributed by atoms with Gasteiger partial charge in [0.25, 0.3) is 0 Å². The molecule has 0 aromatic rings. The molecular weight excluding hydrogens is 260 g/mol. The van der Waals surface area contributed by atoms with E-state index in [-0.39, 0.29) is 11.3 Å². The molecule has 0 atom stereocenters. The SMILES string of the molecule is CCCCS(=O)(=O)N(CC)C1(CN)CCCCCC1. The highest BCUT2D eigenvalue weighted by Crippen LogP contribution is 2.34. The molecular formula is C14H30N2O2S.